The van der Waals surface area contributed by atoms with Crippen molar-refractivity contribution in [2.24, 2.45) is 5.92 Å². The van der Waals surface area contributed by atoms with Gasteiger partial charge in [-0.25, -0.2) is 0 Å². The SMILES string of the molecule is COc1ccc([Si](C)(C)[C@@H]2[C@@H](CC(=O)N3CCC[C@H]3CO)O[C@]3(C(=O)N(Cc4cccc(N5CCCC5=O)c4)c4ccc(N5CCCC5=O)cc43)[C@H]2C)cc1. The van der Waals surface area contributed by atoms with E-state index in [0.29, 0.717) is 32.5 Å². The molecule has 55 heavy (non-hydrogen) atoms. The molecular weight excluding hydrogens is 713 g/mol. The first kappa shape index (κ1) is 37.4. The summed E-state index contributed by atoms with van der Waals surface area (Å²) in [5.41, 5.74) is 2.34. The molecule has 11 nitrogen and oxygen atoms in total. The van der Waals surface area contributed by atoms with Gasteiger partial charge in [-0.05, 0) is 79.3 Å². The van der Waals surface area contributed by atoms with Crippen LogP contribution in [0.1, 0.15) is 63.0 Å². The van der Waals surface area contributed by atoms with Crippen molar-refractivity contribution in [2.45, 2.75) is 94.8 Å². The van der Waals surface area contributed by atoms with Crippen molar-refractivity contribution in [2.75, 3.05) is 48.1 Å². The van der Waals surface area contributed by atoms with E-state index in [1.807, 2.05) is 59.5 Å². The zero-order chi connectivity index (χ0) is 38.6. The molecular formula is C43H52N4O7Si. The van der Waals surface area contributed by atoms with Crippen LogP contribution >= 0.6 is 0 Å². The molecule has 1 N–H and O–H groups in total. The number of rotatable bonds is 10. The molecule has 0 bridgehead atoms. The third-order valence-corrected chi connectivity index (χ3v) is 17.5. The fourth-order valence-corrected chi connectivity index (χ4v) is 14.3. The highest BCUT2D eigenvalue weighted by Gasteiger charge is 2.66. The molecule has 0 unspecified atom stereocenters. The quantitative estimate of drug-likeness (QED) is 0.286. The number of ether oxygens (including phenoxy) is 2. The normalized spacial score (nSPS) is 26.6. The van der Waals surface area contributed by atoms with Crippen LogP contribution in [-0.2, 0) is 36.1 Å². The van der Waals surface area contributed by atoms with Gasteiger partial charge in [0.25, 0.3) is 5.91 Å². The summed E-state index contributed by atoms with van der Waals surface area (Å²) in [5.74, 6) is 0.330. The molecule has 5 aliphatic heterocycles. The molecule has 0 aliphatic carbocycles. The summed E-state index contributed by atoms with van der Waals surface area (Å²) in [6, 6.07) is 21.6. The standard InChI is InChI=1S/C43H52N4O7Si/c1-28-41(55(3,4)34-17-15-33(53-2)16-18-34)37(25-40(51)46-20-6-11-32(46)27-48)54-43(28)35-24-31(45-22-8-13-39(45)50)14-19-36(35)47(42(43)52)26-29-9-5-10-30(23-29)44-21-7-12-38(44)49/h5,9-10,14-19,23-24,28,32,37,41,48H,6-8,11-13,20-22,25-27H2,1-4H3/t28-,32-,37+,41-,43+/m0/s1. The lowest BCUT2D eigenvalue weighted by molar-refractivity contribution is -0.150. The lowest BCUT2D eigenvalue weighted by Gasteiger charge is -2.37. The number of anilines is 3. The molecule has 3 aromatic carbocycles. The molecule has 5 heterocycles. The second kappa shape index (κ2) is 14.5. The second-order valence-electron chi connectivity index (χ2n) is 16.5. The molecule has 0 saturated carbocycles. The molecule has 290 valence electrons. The average molecular weight is 765 g/mol. The molecule has 12 heteroatoms. The molecule has 0 aromatic heterocycles. The summed E-state index contributed by atoms with van der Waals surface area (Å²) in [6.45, 7) is 8.76. The van der Waals surface area contributed by atoms with E-state index >= 15 is 4.79 Å². The number of nitrogens with zero attached hydrogens (tertiary/aromatic N) is 4. The summed E-state index contributed by atoms with van der Waals surface area (Å²) in [4.78, 5) is 62.6. The fraction of sp³-hybridized carbons (Fsp3) is 0.488. The number of carbonyl (C=O) groups excluding carboxylic acids is 4. The topological polar surface area (TPSA) is 120 Å². The van der Waals surface area contributed by atoms with Crippen LogP contribution in [0.25, 0.3) is 0 Å². The molecule has 1 spiro atoms. The Balaban J connectivity index is 1.23. The fourth-order valence-electron chi connectivity index (χ4n) is 10.3. The maximum atomic E-state index is 15.5. The van der Waals surface area contributed by atoms with E-state index in [1.54, 1.807) is 21.8 Å². The van der Waals surface area contributed by atoms with Gasteiger partial charge in [0.1, 0.15) is 5.75 Å². The molecule has 4 saturated heterocycles. The monoisotopic (exact) mass is 764 g/mol. The van der Waals surface area contributed by atoms with Crippen LogP contribution in [0.2, 0.25) is 18.6 Å². The Bertz CT molecular complexity index is 2000. The highest BCUT2D eigenvalue weighted by atomic mass is 28.3. The number of aliphatic hydroxyl groups is 1. The largest absolute Gasteiger partial charge is 0.497 e. The highest BCUT2D eigenvalue weighted by Crippen LogP contribution is 2.60. The maximum absolute atomic E-state index is 15.5. The van der Waals surface area contributed by atoms with Crippen molar-refractivity contribution in [3.63, 3.8) is 0 Å². The minimum absolute atomic E-state index is 0.0577. The van der Waals surface area contributed by atoms with E-state index in [4.69, 9.17) is 9.47 Å². The van der Waals surface area contributed by atoms with Crippen LogP contribution in [-0.4, -0.2) is 87.2 Å². The van der Waals surface area contributed by atoms with Gasteiger partial charge in [0.15, 0.2) is 5.60 Å². The van der Waals surface area contributed by atoms with Gasteiger partial charge >= 0.3 is 0 Å². The van der Waals surface area contributed by atoms with E-state index in [-0.39, 0.29) is 60.7 Å². The van der Waals surface area contributed by atoms with Crippen molar-refractivity contribution in [3.05, 3.63) is 77.9 Å². The van der Waals surface area contributed by atoms with Crippen molar-refractivity contribution in [1.29, 1.82) is 0 Å². The Morgan fingerprint density at radius 2 is 1.60 bits per heavy atom. The third-order valence-electron chi connectivity index (χ3n) is 13.1. The van der Waals surface area contributed by atoms with Crippen LogP contribution in [0, 0.1) is 5.92 Å². The van der Waals surface area contributed by atoms with Crippen LogP contribution in [0.15, 0.2) is 66.7 Å². The summed E-state index contributed by atoms with van der Waals surface area (Å²) in [6.07, 6.45) is 3.72. The molecule has 3 aromatic rings. The third kappa shape index (κ3) is 6.26. The van der Waals surface area contributed by atoms with Crippen LogP contribution in [0.4, 0.5) is 17.1 Å². The van der Waals surface area contributed by atoms with Gasteiger partial charge in [0, 0.05) is 55.3 Å². The summed E-state index contributed by atoms with van der Waals surface area (Å²) in [5, 5.41) is 11.3. The molecule has 4 fully saturated rings. The Morgan fingerprint density at radius 3 is 2.24 bits per heavy atom. The molecule has 4 amide bonds. The lowest BCUT2D eigenvalue weighted by atomic mass is 9.82. The molecule has 0 radical (unpaired) electrons. The summed E-state index contributed by atoms with van der Waals surface area (Å²) in [7, 11) is -0.885. The maximum Gasteiger partial charge on any atom is 0.264 e. The van der Waals surface area contributed by atoms with Gasteiger partial charge in [-0.15, -0.1) is 0 Å². The number of hydrogen-bond donors (Lipinski definition) is 1. The Morgan fingerprint density at radius 1 is 0.909 bits per heavy atom. The first-order valence-corrected chi connectivity index (χ1v) is 22.9. The van der Waals surface area contributed by atoms with Gasteiger partial charge in [0.05, 0.1) is 52.6 Å². The number of carbonyl (C=O) groups is 4. The van der Waals surface area contributed by atoms with Crippen LogP contribution in [0.5, 0.6) is 5.75 Å². The van der Waals surface area contributed by atoms with E-state index in [0.717, 1.165) is 59.6 Å². The number of methoxy groups -OCH3 is 1. The number of benzene rings is 3. The van der Waals surface area contributed by atoms with Crippen LogP contribution in [0.3, 0.4) is 0 Å². The van der Waals surface area contributed by atoms with E-state index < -0.39 is 19.8 Å². The zero-order valence-electron chi connectivity index (χ0n) is 32.3. The van der Waals surface area contributed by atoms with E-state index in [2.05, 4.69) is 32.2 Å². The average Bonchev–Trinajstić information content (AvgIpc) is 4.02. The molecule has 5 atom stereocenters. The smallest absolute Gasteiger partial charge is 0.264 e. The summed E-state index contributed by atoms with van der Waals surface area (Å²) >= 11 is 0. The minimum atomic E-state index is -2.53. The Labute approximate surface area is 324 Å². The number of fused-ring (bicyclic) bond motifs is 2. The zero-order valence-corrected chi connectivity index (χ0v) is 33.3. The van der Waals surface area contributed by atoms with Crippen molar-refractivity contribution in [3.8, 4) is 5.75 Å². The summed E-state index contributed by atoms with van der Waals surface area (Å²) < 4.78 is 12.8. The van der Waals surface area contributed by atoms with E-state index in [1.165, 1.54) is 5.19 Å². The Hall–Kier alpha value is -4.52. The van der Waals surface area contributed by atoms with Crippen molar-refractivity contribution in [1.82, 2.24) is 4.90 Å². The highest BCUT2D eigenvalue weighted by molar-refractivity contribution is 6.91. The second-order valence-corrected chi connectivity index (χ2v) is 21.2. The Kier molecular flexibility index (Phi) is 9.88. The van der Waals surface area contributed by atoms with Gasteiger partial charge in [-0.2, -0.15) is 0 Å². The number of aliphatic hydroxyl groups excluding tert-OH is 1. The first-order valence-electron chi connectivity index (χ1n) is 19.9. The number of likely N-dealkylation sites (tertiary alicyclic amines) is 1. The first-order chi connectivity index (χ1) is 26.5. The van der Waals surface area contributed by atoms with Gasteiger partial charge in [-0.3, -0.25) is 19.2 Å². The van der Waals surface area contributed by atoms with Gasteiger partial charge < -0.3 is 34.2 Å². The van der Waals surface area contributed by atoms with Crippen molar-refractivity contribution >= 4 is 54.0 Å². The number of amides is 4. The number of hydrogen-bond acceptors (Lipinski definition) is 7. The van der Waals surface area contributed by atoms with Gasteiger partial charge in [0.2, 0.25) is 17.7 Å². The van der Waals surface area contributed by atoms with Crippen molar-refractivity contribution < 1.29 is 33.8 Å². The van der Waals surface area contributed by atoms with E-state index in [9.17, 15) is 19.5 Å². The molecule has 5 aliphatic rings. The predicted molar refractivity (Wildman–Crippen MR) is 213 cm³/mol. The molecule has 8 rings (SSSR count). The van der Waals surface area contributed by atoms with Crippen LogP contribution < -0.4 is 24.6 Å². The predicted octanol–water partition coefficient (Wildman–Crippen LogP) is 5.09. The van der Waals surface area contributed by atoms with Gasteiger partial charge in [-0.1, -0.05) is 49.5 Å². The lowest BCUT2D eigenvalue weighted by Crippen LogP contribution is -2.52. The minimum Gasteiger partial charge on any atom is -0.497 e.